The van der Waals surface area contributed by atoms with Gasteiger partial charge < -0.3 is 20.8 Å². The maximum absolute atomic E-state index is 12.7. The average Bonchev–Trinajstić information content (AvgIpc) is 3.17. The number of halogens is 1. The SMILES string of the molecule is NCCNc1cc(Cl)ccc1C(=O)Nc1ccc(-c2cc3ccccc3o2)nc1. The predicted octanol–water partition coefficient (Wildman–Crippen LogP) is 4.77. The van der Waals surface area contributed by atoms with E-state index in [0.717, 1.165) is 11.0 Å². The van der Waals surface area contributed by atoms with Crippen LogP contribution in [0, 0.1) is 0 Å². The first kappa shape index (κ1) is 19.0. The number of fused-ring (bicyclic) bond motifs is 1. The van der Waals surface area contributed by atoms with E-state index in [2.05, 4.69) is 15.6 Å². The van der Waals surface area contributed by atoms with Crippen LogP contribution in [0.2, 0.25) is 5.02 Å². The van der Waals surface area contributed by atoms with E-state index in [4.69, 9.17) is 21.8 Å². The average molecular weight is 407 g/mol. The first-order valence-corrected chi connectivity index (χ1v) is 9.52. The molecule has 0 saturated carbocycles. The summed E-state index contributed by atoms with van der Waals surface area (Å²) in [6.07, 6.45) is 1.60. The number of pyridine rings is 1. The number of carbonyl (C=O) groups excluding carboxylic acids is 1. The minimum Gasteiger partial charge on any atom is -0.454 e. The number of furan rings is 1. The first-order chi connectivity index (χ1) is 14.1. The van der Waals surface area contributed by atoms with E-state index in [9.17, 15) is 4.79 Å². The quantitative estimate of drug-likeness (QED) is 0.428. The van der Waals surface area contributed by atoms with Crippen molar-refractivity contribution in [3.05, 3.63) is 77.4 Å². The Kier molecular flexibility index (Phi) is 5.46. The Hall–Kier alpha value is -3.35. The van der Waals surface area contributed by atoms with E-state index < -0.39 is 0 Å². The molecule has 0 fully saturated rings. The monoisotopic (exact) mass is 406 g/mol. The largest absolute Gasteiger partial charge is 0.454 e. The molecule has 0 bridgehead atoms. The highest BCUT2D eigenvalue weighted by atomic mass is 35.5. The van der Waals surface area contributed by atoms with Gasteiger partial charge in [-0.3, -0.25) is 9.78 Å². The molecule has 0 spiro atoms. The third-order valence-electron chi connectivity index (χ3n) is 4.39. The molecule has 2 heterocycles. The summed E-state index contributed by atoms with van der Waals surface area (Å²) in [5.74, 6) is 0.412. The van der Waals surface area contributed by atoms with Crippen LogP contribution in [0.15, 0.2) is 71.3 Å². The van der Waals surface area contributed by atoms with Crippen LogP contribution in [0.5, 0.6) is 0 Å². The molecule has 4 rings (SSSR count). The second-order valence-corrected chi connectivity index (χ2v) is 6.88. The predicted molar refractivity (Wildman–Crippen MR) is 116 cm³/mol. The van der Waals surface area contributed by atoms with Gasteiger partial charge in [-0.25, -0.2) is 0 Å². The summed E-state index contributed by atoms with van der Waals surface area (Å²) >= 11 is 6.04. The maximum atomic E-state index is 12.7. The lowest BCUT2D eigenvalue weighted by Crippen LogP contribution is -2.18. The van der Waals surface area contributed by atoms with E-state index in [1.165, 1.54) is 0 Å². The summed E-state index contributed by atoms with van der Waals surface area (Å²) in [6, 6.07) is 18.4. The van der Waals surface area contributed by atoms with Crippen molar-refractivity contribution in [2.24, 2.45) is 5.73 Å². The fourth-order valence-electron chi connectivity index (χ4n) is 2.99. The molecule has 146 valence electrons. The van der Waals surface area contributed by atoms with E-state index in [-0.39, 0.29) is 5.91 Å². The Morgan fingerprint density at radius 1 is 1.10 bits per heavy atom. The van der Waals surface area contributed by atoms with Gasteiger partial charge in [0.25, 0.3) is 5.91 Å². The molecule has 0 unspecified atom stereocenters. The van der Waals surface area contributed by atoms with Crippen molar-refractivity contribution in [2.75, 3.05) is 23.7 Å². The lowest BCUT2D eigenvalue weighted by Gasteiger charge is -2.12. The molecular weight excluding hydrogens is 388 g/mol. The molecular formula is C22H19ClN4O2. The second-order valence-electron chi connectivity index (χ2n) is 6.44. The van der Waals surface area contributed by atoms with Gasteiger partial charge in [-0.15, -0.1) is 0 Å². The van der Waals surface area contributed by atoms with E-state index in [0.29, 0.717) is 46.5 Å². The van der Waals surface area contributed by atoms with Crippen LogP contribution in [0.25, 0.3) is 22.4 Å². The van der Waals surface area contributed by atoms with Gasteiger partial charge >= 0.3 is 0 Å². The summed E-state index contributed by atoms with van der Waals surface area (Å²) in [6.45, 7) is 0.981. The van der Waals surface area contributed by atoms with Gasteiger partial charge in [0, 0.05) is 29.2 Å². The number of rotatable bonds is 6. The third-order valence-corrected chi connectivity index (χ3v) is 4.62. The van der Waals surface area contributed by atoms with Crippen molar-refractivity contribution in [2.45, 2.75) is 0 Å². The smallest absolute Gasteiger partial charge is 0.257 e. The molecule has 29 heavy (non-hydrogen) atoms. The van der Waals surface area contributed by atoms with Crippen molar-refractivity contribution in [3.63, 3.8) is 0 Å². The Morgan fingerprint density at radius 2 is 1.97 bits per heavy atom. The highest BCUT2D eigenvalue weighted by Crippen LogP contribution is 2.27. The van der Waals surface area contributed by atoms with E-state index >= 15 is 0 Å². The number of carbonyl (C=O) groups is 1. The van der Waals surface area contributed by atoms with Crippen molar-refractivity contribution in [1.29, 1.82) is 0 Å². The number of nitrogens with zero attached hydrogens (tertiary/aromatic N) is 1. The summed E-state index contributed by atoms with van der Waals surface area (Å²) in [5, 5.41) is 7.52. The summed E-state index contributed by atoms with van der Waals surface area (Å²) < 4.78 is 5.83. The first-order valence-electron chi connectivity index (χ1n) is 9.14. The van der Waals surface area contributed by atoms with Gasteiger partial charge in [-0.2, -0.15) is 0 Å². The van der Waals surface area contributed by atoms with Crippen LogP contribution in [0.4, 0.5) is 11.4 Å². The fourth-order valence-corrected chi connectivity index (χ4v) is 3.16. The molecule has 0 radical (unpaired) electrons. The molecule has 2 aromatic heterocycles. The van der Waals surface area contributed by atoms with Crippen molar-refractivity contribution in [1.82, 2.24) is 4.98 Å². The Balaban J connectivity index is 1.52. The summed E-state index contributed by atoms with van der Waals surface area (Å²) in [4.78, 5) is 17.1. The number of para-hydroxylation sites is 1. The normalized spacial score (nSPS) is 10.8. The molecule has 6 nitrogen and oxygen atoms in total. The Labute approximate surface area is 172 Å². The zero-order valence-corrected chi connectivity index (χ0v) is 16.2. The number of amides is 1. The number of hydrogen-bond donors (Lipinski definition) is 3. The minimum absolute atomic E-state index is 0.264. The van der Waals surface area contributed by atoms with Crippen molar-refractivity contribution < 1.29 is 9.21 Å². The van der Waals surface area contributed by atoms with Gasteiger partial charge in [0.05, 0.1) is 17.4 Å². The molecule has 4 aromatic rings. The molecule has 4 N–H and O–H groups in total. The molecule has 0 aliphatic rings. The summed E-state index contributed by atoms with van der Waals surface area (Å²) in [5.41, 5.74) is 8.72. The number of anilines is 2. The van der Waals surface area contributed by atoms with Crippen LogP contribution < -0.4 is 16.4 Å². The maximum Gasteiger partial charge on any atom is 0.257 e. The third kappa shape index (κ3) is 4.23. The zero-order valence-electron chi connectivity index (χ0n) is 15.5. The summed E-state index contributed by atoms with van der Waals surface area (Å²) in [7, 11) is 0. The number of nitrogens with two attached hydrogens (primary N) is 1. The van der Waals surface area contributed by atoms with Crippen LogP contribution in [0.1, 0.15) is 10.4 Å². The molecule has 0 atom stereocenters. The molecule has 0 saturated heterocycles. The van der Waals surface area contributed by atoms with Gasteiger partial charge in [-0.05, 0) is 42.5 Å². The number of nitrogens with one attached hydrogen (secondary N) is 2. The van der Waals surface area contributed by atoms with E-state index in [1.807, 2.05) is 36.4 Å². The topological polar surface area (TPSA) is 93.2 Å². The molecule has 2 aromatic carbocycles. The van der Waals surface area contributed by atoms with Crippen LogP contribution in [-0.2, 0) is 0 Å². The molecule has 0 aliphatic heterocycles. The van der Waals surface area contributed by atoms with Gasteiger partial charge in [0.2, 0.25) is 0 Å². The lowest BCUT2D eigenvalue weighted by atomic mass is 10.1. The van der Waals surface area contributed by atoms with Gasteiger partial charge in [-0.1, -0.05) is 29.8 Å². The highest BCUT2D eigenvalue weighted by molar-refractivity contribution is 6.31. The molecule has 7 heteroatoms. The fraction of sp³-hybridized carbons (Fsp3) is 0.0909. The van der Waals surface area contributed by atoms with Crippen molar-refractivity contribution in [3.8, 4) is 11.5 Å². The standard InChI is InChI=1S/C22H19ClN4O2/c23-15-5-7-17(19(12-15)25-10-9-24)22(28)27-16-6-8-18(26-13-16)21-11-14-3-1-2-4-20(14)29-21/h1-8,11-13,25H,9-10,24H2,(H,27,28). The Morgan fingerprint density at radius 3 is 2.72 bits per heavy atom. The van der Waals surface area contributed by atoms with Gasteiger partial charge in [0.15, 0.2) is 5.76 Å². The number of aromatic nitrogens is 1. The van der Waals surface area contributed by atoms with Crippen LogP contribution in [0.3, 0.4) is 0 Å². The van der Waals surface area contributed by atoms with Crippen LogP contribution in [-0.4, -0.2) is 24.0 Å². The van der Waals surface area contributed by atoms with Crippen molar-refractivity contribution >= 4 is 39.9 Å². The second kappa shape index (κ2) is 8.34. The number of hydrogen-bond acceptors (Lipinski definition) is 5. The lowest BCUT2D eigenvalue weighted by molar-refractivity contribution is 0.102. The Bertz CT molecular complexity index is 1120. The zero-order chi connectivity index (χ0) is 20.2. The highest BCUT2D eigenvalue weighted by Gasteiger charge is 2.13. The molecule has 0 aliphatic carbocycles. The molecule has 1 amide bonds. The number of benzene rings is 2. The minimum atomic E-state index is -0.264. The van der Waals surface area contributed by atoms with Gasteiger partial charge in [0.1, 0.15) is 11.3 Å². The van der Waals surface area contributed by atoms with E-state index in [1.54, 1.807) is 30.5 Å². The van der Waals surface area contributed by atoms with Crippen LogP contribution >= 0.6 is 11.6 Å².